The van der Waals surface area contributed by atoms with Gasteiger partial charge in [-0.05, 0) is 51.4 Å². The molecule has 0 aliphatic rings. The molecule has 0 amide bonds. The molecule has 2 unspecified atom stereocenters. The Balaban J connectivity index is 2.68. The average molecular weight is 276 g/mol. The molecule has 1 N–H and O–H groups in total. The van der Waals surface area contributed by atoms with Gasteiger partial charge in [0.25, 0.3) is 0 Å². The molecule has 0 heterocycles. The second-order valence-corrected chi connectivity index (χ2v) is 7.39. The van der Waals surface area contributed by atoms with Crippen LogP contribution in [-0.2, 0) is 0 Å². The summed E-state index contributed by atoms with van der Waals surface area (Å²) in [4.78, 5) is 2.25. The number of nitrogens with zero attached hydrogens (tertiary/aromatic N) is 1. The van der Waals surface area contributed by atoms with E-state index in [1.165, 1.54) is 12.0 Å². The lowest BCUT2D eigenvalue weighted by atomic mass is 9.85. The summed E-state index contributed by atoms with van der Waals surface area (Å²) in [7, 11) is 4.27. The van der Waals surface area contributed by atoms with Gasteiger partial charge in [-0.3, -0.25) is 0 Å². The molecule has 0 saturated heterocycles. The highest BCUT2D eigenvalue weighted by Gasteiger charge is 2.21. The third-order valence-corrected chi connectivity index (χ3v) is 3.51. The van der Waals surface area contributed by atoms with Crippen molar-refractivity contribution in [3.8, 4) is 0 Å². The first-order valence-corrected chi connectivity index (χ1v) is 7.73. The number of hydrogen-bond acceptors (Lipinski definition) is 2. The van der Waals surface area contributed by atoms with Gasteiger partial charge in [0.1, 0.15) is 0 Å². The van der Waals surface area contributed by atoms with Gasteiger partial charge in [-0.2, -0.15) is 0 Å². The number of benzene rings is 1. The van der Waals surface area contributed by atoms with Crippen LogP contribution in [0.2, 0.25) is 0 Å². The van der Waals surface area contributed by atoms with E-state index in [1.807, 2.05) is 0 Å². The van der Waals surface area contributed by atoms with Crippen molar-refractivity contribution >= 4 is 0 Å². The van der Waals surface area contributed by atoms with E-state index in [4.69, 9.17) is 0 Å². The molecule has 0 saturated carbocycles. The Morgan fingerprint density at radius 2 is 1.70 bits per heavy atom. The zero-order chi connectivity index (χ0) is 15.2. The first kappa shape index (κ1) is 17.2. The predicted octanol–water partition coefficient (Wildman–Crippen LogP) is 4.09. The maximum atomic E-state index is 3.82. The minimum atomic E-state index is 0.328. The molecule has 0 bridgehead atoms. The Labute approximate surface area is 125 Å². The second-order valence-electron chi connectivity index (χ2n) is 7.39. The highest BCUT2D eigenvalue weighted by molar-refractivity contribution is 5.19. The van der Waals surface area contributed by atoms with Crippen molar-refractivity contribution in [3.05, 3.63) is 35.9 Å². The van der Waals surface area contributed by atoms with Crippen molar-refractivity contribution in [3.63, 3.8) is 0 Å². The predicted molar refractivity (Wildman–Crippen MR) is 89.0 cm³/mol. The van der Waals surface area contributed by atoms with Crippen LogP contribution in [0, 0.1) is 5.41 Å². The fourth-order valence-electron chi connectivity index (χ4n) is 2.45. The Morgan fingerprint density at radius 3 is 2.20 bits per heavy atom. The molecule has 0 aliphatic heterocycles. The standard InChI is InChI=1S/C18H32N2/c1-15(12-13-20(5)6)19-17(14-18(2,3)4)16-10-8-7-9-11-16/h7-11,15,17,19H,12-14H2,1-6H3. The van der Waals surface area contributed by atoms with E-state index in [0.717, 1.165) is 13.0 Å². The van der Waals surface area contributed by atoms with Gasteiger partial charge in [0.15, 0.2) is 0 Å². The van der Waals surface area contributed by atoms with Crippen molar-refractivity contribution in [2.75, 3.05) is 20.6 Å². The summed E-state index contributed by atoms with van der Waals surface area (Å²) in [6, 6.07) is 11.8. The summed E-state index contributed by atoms with van der Waals surface area (Å²) in [5.41, 5.74) is 1.73. The first-order valence-electron chi connectivity index (χ1n) is 7.73. The van der Waals surface area contributed by atoms with Crippen molar-refractivity contribution in [2.45, 2.75) is 52.6 Å². The summed E-state index contributed by atoms with van der Waals surface area (Å²) >= 11 is 0. The molecule has 0 aromatic heterocycles. The van der Waals surface area contributed by atoms with Gasteiger partial charge in [0.05, 0.1) is 0 Å². The zero-order valence-corrected chi connectivity index (χ0v) is 14.1. The minimum Gasteiger partial charge on any atom is -0.309 e. The van der Waals surface area contributed by atoms with Crippen LogP contribution in [0.25, 0.3) is 0 Å². The molecule has 2 heteroatoms. The molecule has 1 aromatic rings. The molecule has 1 rings (SSSR count). The van der Waals surface area contributed by atoms with Crippen LogP contribution < -0.4 is 5.32 Å². The topological polar surface area (TPSA) is 15.3 Å². The van der Waals surface area contributed by atoms with Crippen molar-refractivity contribution in [2.24, 2.45) is 5.41 Å². The van der Waals surface area contributed by atoms with Gasteiger partial charge in [0.2, 0.25) is 0 Å². The van der Waals surface area contributed by atoms with Crippen LogP contribution in [0.1, 0.15) is 52.1 Å². The Bertz CT molecular complexity index is 365. The monoisotopic (exact) mass is 276 g/mol. The van der Waals surface area contributed by atoms with Crippen molar-refractivity contribution in [1.29, 1.82) is 0 Å². The molecular formula is C18H32N2. The summed E-state index contributed by atoms with van der Waals surface area (Å²) in [5.74, 6) is 0. The van der Waals surface area contributed by atoms with Gasteiger partial charge < -0.3 is 10.2 Å². The van der Waals surface area contributed by atoms with Gasteiger partial charge in [-0.25, -0.2) is 0 Å². The lowest BCUT2D eigenvalue weighted by molar-refractivity contribution is 0.282. The Hall–Kier alpha value is -0.860. The van der Waals surface area contributed by atoms with E-state index in [9.17, 15) is 0 Å². The number of nitrogens with one attached hydrogen (secondary N) is 1. The zero-order valence-electron chi connectivity index (χ0n) is 14.1. The van der Waals surface area contributed by atoms with E-state index in [0.29, 0.717) is 17.5 Å². The van der Waals surface area contributed by atoms with Crippen LogP contribution in [0.15, 0.2) is 30.3 Å². The van der Waals surface area contributed by atoms with Gasteiger partial charge in [-0.15, -0.1) is 0 Å². The SMILES string of the molecule is CC(CCN(C)C)NC(CC(C)(C)C)c1ccccc1. The molecule has 2 nitrogen and oxygen atoms in total. The fourth-order valence-corrected chi connectivity index (χ4v) is 2.45. The molecule has 20 heavy (non-hydrogen) atoms. The summed E-state index contributed by atoms with van der Waals surface area (Å²) in [6.07, 6.45) is 2.34. The van der Waals surface area contributed by atoms with Gasteiger partial charge in [-0.1, -0.05) is 51.1 Å². The third-order valence-electron chi connectivity index (χ3n) is 3.51. The van der Waals surface area contributed by atoms with Crippen LogP contribution >= 0.6 is 0 Å². The molecule has 0 spiro atoms. The van der Waals surface area contributed by atoms with E-state index >= 15 is 0 Å². The van der Waals surface area contributed by atoms with Gasteiger partial charge >= 0.3 is 0 Å². The highest BCUT2D eigenvalue weighted by Crippen LogP contribution is 2.29. The molecular weight excluding hydrogens is 244 g/mol. The van der Waals surface area contributed by atoms with Crippen LogP contribution in [0.4, 0.5) is 0 Å². The number of rotatable bonds is 7. The van der Waals surface area contributed by atoms with Crippen molar-refractivity contribution in [1.82, 2.24) is 10.2 Å². The third kappa shape index (κ3) is 7.06. The van der Waals surface area contributed by atoms with E-state index in [2.05, 4.69) is 82.3 Å². The fraction of sp³-hybridized carbons (Fsp3) is 0.667. The minimum absolute atomic E-state index is 0.328. The van der Waals surface area contributed by atoms with Gasteiger partial charge in [0, 0.05) is 12.1 Å². The van der Waals surface area contributed by atoms with Crippen LogP contribution in [0.5, 0.6) is 0 Å². The molecule has 114 valence electrons. The number of hydrogen-bond donors (Lipinski definition) is 1. The van der Waals surface area contributed by atoms with E-state index in [-0.39, 0.29) is 0 Å². The lowest BCUT2D eigenvalue weighted by Gasteiger charge is -2.30. The quantitative estimate of drug-likeness (QED) is 0.807. The average Bonchev–Trinajstić information content (AvgIpc) is 2.35. The van der Waals surface area contributed by atoms with Crippen LogP contribution in [0.3, 0.4) is 0 Å². The summed E-state index contributed by atoms with van der Waals surface area (Å²) < 4.78 is 0. The maximum Gasteiger partial charge on any atom is 0.0327 e. The van der Waals surface area contributed by atoms with Crippen molar-refractivity contribution < 1.29 is 0 Å². The van der Waals surface area contributed by atoms with Crippen LogP contribution in [-0.4, -0.2) is 31.6 Å². The first-order chi connectivity index (χ1) is 9.28. The maximum absolute atomic E-state index is 3.82. The smallest absolute Gasteiger partial charge is 0.0327 e. The molecule has 0 fully saturated rings. The van der Waals surface area contributed by atoms with E-state index in [1.54, 1.807) is 0 Å². The highest BCUT2D eigenvalue weighted by atomic mass is 15.1. The molecule has 1 aromatic carbocycles. The lowest BCUT2D eigenvalue weighted by Crippen LogP contribution is -2.35. The van der Waals surface area contributed by atoms with E-state index < -0.39 is 0 Å². The largest absolute Gasteiger partial charge is 0.309 e. The molecule has 0 radical (unpaired) electrons. The second kappa shape index (κ2) is 7.80. The molecule has 0 aliphatic carbocycles. The molecule has 2 atom stereocenters. The summed E-state index contributed by atoms with van der Waals surface area (Å²) in [5, 5.41) is 3.82. The summed E-state index contributed by atoms with van der Waals surface area (Å²) in [6.45, 7) is 10.4. The Morgan fingerprint density at radius 1 is 1.10 bits per heavy atom. The normalized spacial score (nSPS) is 15.3. The Kier molecular flexibility index (Phi) is 6.70.